The maximum atomic E-state index is 12.5. The lowest BCUT2D eigenvalue weighted by atomic mass is 9.99. The topological polar surface area (TPSA) is 117 Å². The smallest absolute Gasteiger partial charge is 0.504 e. The zero-order valence-electron chi connectivity index (χ0n) is 19.6. The van der Waals surface area contributed by atoms with Crippen LogP contribution in [-0.2, 0) is 26.4 Å². The molecule has 0 aliphatic heterocycles. The Morgan fingerprint density at radius 2 is 2.00 bits per heavy atom. The number of halogens is 1. The summed E-state index contributed by atoms with van der Waals surface area (Å²) in [5.74, 6) is -0.970. The van der Waals surface area contributed by atoms with Crippen LogP contribution in [0.2, 0.25) is 0 Å². The minimum Gasteiger partial charge on any atom is -0.504 e. The summed E-state index contributed by atoms with van der Waals surface area (Å²) < 4.78 is 6.74. The van der Waals surface area contributed by atoms with Gasteiger partial charge in [-0.15, -0.1) is 12.4 Å². The molecule has 0 fully saturated rings. The number of aromatic amines is 1. The first-order valence-corrected chi connectivity index (χ1v) is 11.6. The summed E-state index contributed by atoms with van der Waals surface area (Å²) in [6.07, 6.45) is 5.33. The van der Waals surface area contributed by atoms with Crippen molar-refractivity contribution in [2.75, 3.05) is 6.54 Å². The number of nitrogens with zero attached hydrogens (tertiary/aromatic N) is 1. The summed E-state index contributed by atoms with van der Waals surface area (Å²) in [5.41, 5.74) is 4.53. The number of benzene rings is 1. The normalized spacial score (nSPS) is 12.5. The SMILES string of the molecule is CCCCCCNCc1cc2cc3c(cc2n1C)CCCc1c-3[nH]c(=O)c(OC(=O)O)c1O.Cl. The second kappa shape index (κ2) is 11.0. The second-order valence-electron chi connectivity index (χ2n) is 8.71. The quantitative estimate of drug-likeness (QED) is 0.265. The number of H-pyrrole nitrogens is 1. The molecule has 0 amide bonds. The molecule has 8 nitrogen and oxygen atoms in total. The van der Waals surface area contributed by atoms with Gasteiger partial charge in [-0.2, -0.15) is 0 Å². The zero-order valence-corrected chi connectivity index (χ0v) is 20.4. The van der Waals surface area contributed by atoms with Crippen molar-refractivity contribution in [1.29, 1.82) is 0 Å². The third-order valence-corrected chi connectivity index (χ3v) is 6.46. The van der Waals surface area contributed by atoms with E-state index in [1.807, 2.05) is 6.07 Å². The summed E-state index contributed by atoms with van der Waals surface area (Å²) in [5, 5.41) is 24.1. The van der Waals surface area contributed by atoms with Crippen molar-refractivity contribution in [3.05, 3.63) is 45.4 Å². The molecule has 1 aliphatic carbocycles. The predicted molar refractivity (Wildman–Crippen MR) is 134 cm³/mol. The predicted octanol–water partition coefficient (Wildman–Crippen LogP) is 4.88. The van der Waals surface area contributed by atoms with E-state index in [2.05, 4.69) is 45.7 Å². The van der Waals surface area contributed by atoms with E-state index in [1.54, 1.807) is 0 Å². The van der Waals surface area contributed by atoms with Crippen LogP contribution in [-0.4, -0.2) is 32.5 Å². The number of ether oxygens (including phenoxy) is 1. The Morgan fingerprint density at radius 1 is 1.21 bits per heavy atom. The Labute approximate surface area is 204 Å². The molecule has 0 saturated carbocycles. The molecule has 4 N–H and O–H groups in total. The lowest BCUT2D eigenvalue weighted by molar-refractivity contribution is 0.142. The van der Waals surface area contributed by atoms with Gasteiger partial charge in [0, 0.05) is 41.3 Å². The number of fused-ring (bicyclic) bond motifs is 4. The molecule has 0 atom stereocenters. The van der Waals surface area contributed by atoms with Gasteiger partial charge in [0.1, 0.15) is 0 Å². The van der Waals surface area contributed by atoms with E-state index in [0.717, 1.165) is 48.0 Å². The van der Waals surface area contributed by atoms with E-state index in [-0.39, 0.29) is 12.4 Å². The van der Waals surface area contributed by atoms with E-state index in [4.69, 9.17) is 5.11 Å². The monoisotopic (exact) mass is 489 g/mol. The standard InChI is InChI=1S/C25H31N3O5.ClH/c1-3-4-5-6-10-26-14-17-11-16-12-19-15(13-20(16)28(17)2)8-7-9-18-21(19)27-24(30)23(22(18)29)33-25(31)32;/h11-13,26H,3-10,14H2,1-2H3,(H,31,32)(H2,27,29,30);1H. The first-order chi connectivity index (χ1) is 15.9. The van der Waals surface area contributed by atoms with Crippen molar-refractivity contribution in [1.82, 2.24) is 14.9 Å². The Hall–Kier alpha value is -2.97. The minimum atomic E-state index is -1.64. The van der Waals surface area contributed by atoms with E-state index in [1.165, 1.54) is 31.4 Å². The third-order valence-electron chi connectivity index (χ3n) is 6.46. The lowest BCUT2D eigenvalue weighted by Gasteiger charge is -2.13. The number of aromatic hydroxyl groups is 1. The van der Waals surface area contributed by atoms with Crippen LogP contribution in [0.25, 0.3) is 22.2 Å². The molecule has 184 valence electrons. The first-order valence-electron chi connectivity index (χ1n) is 11.6. The Balaban J connectivity index is 0.00000324. The number of carbonyl (C=O) groups is 1. The van der Waals surface area contributed by atoms with Crippen molar-refractivity contribution in [3.8, 4) is 22.8 Å². The molecular weight excluding hydrogens is 458 g/mol. The van der Waals surface area contributed by atoms with Gasteiger partial charge < -0.3 is 29.8 Å². The van der Waals surface area contributed by atoms with Gasteiger partial charge in [-0.05, 0) is 56.0 Å². The number of rotatable bonds is 8. The number of pyridine rings is 1. The highest BCUT2D eigenvalue weighted by molar-refractivity contribution is 5.89. The summed E-state index contributed by atoms with van der Waals surface area (Å²) in [6, 6.07) is 6.35. The van der Waals surface area contributed by atoms with Crippen molar-refractivity contribution in [3.63, 3.8) is 0 Å². The molecule has 2 heterocycles. The Bertz CT molecular complexity index is 1250. The van der Waals surface area contributed by atoms with Crippen LogP contribution in [0.15, 0.2) is 23.0 Å². The average molecular weight is 490 g/mol. The molecule has 0 unspecified atom stereocenters. The van der Waals surface area contributed by atoms with Gasteiger partial charge in [-0.3, -0.25) is 4.79 Å². The fraction of sp³-hybridized carbons (Fsp3) is 0.440. The summed E-state index contributed by atoms with van der Waals surface area (Å²) in [6.45, 7) is 3.99. The molecule has 0 radical (unpaired) electrons. The van der Waals surface area contributed by atoms with Crippen molar-refractivity contribution >= 4 is 29.5 Å². The molecule has 0 saturated heterocycles. The van der Waals surface area contributed by atoms with Crippen molar-refractivity contribution < 1.29 is 19.7 Å². The van der Waals surface area contributed by atoms with E-state index in [0.29, 0.717) is 17.7 Å². The van der Waals surface area contributed by atoms with Gasteiger partial charge in [-0.25, -0.2) is 4.79 Å². The molecule has 3 aromatic rings. The molecule has 4 rings (SSSR count). The number of carboxylic acid groups (broad SMARTS) is 1. The van der Waals surface area contributed by atoms with Gasteiger partial charge in [0.25, 0.3) is 5.56 Å². The number of aryl methyl sites for hydroxylation is 2. The number of unbranched alkanes of at least 4 members (excludes halogenated alkanes) is 3. The molecule has 2 aromatic heterocycles. The minimum absolute atomic E-state index is 0. The fourth-order valence-electron chi connectivity index (χ4n) is 4.71. The largest absolute Gasteiger partial charge is 0.511 e. The second-order valence-corrected chi connectivity index (χ2v) is 8.71. The number of aromatic nitrogens is 2. The van der Waals surface area contributed by atoms with Crippen LogP contribution in [0, 0.1) is 0 Å². The zero-order chi connectivity index (χ0) is 23.5. The molecule has 1 aliphatic rings. The molecular formula is C25H32ClN3O5. The van der Waals surface area contributed by atoms with Crippen molar-refractivity contribution in [2.24, 2.45) is 7.05 Å². The maximum absolute atomic E-state index is 12.5. The van der Waals surface area contributed by atoms with E-state index in [9.17, 15) is 14.7 Å². The lowest BCUT2D eigenvalue weighted by Crippen LogP contribution is -2.17. The average Bonchev–Trinajstić information content (AvgIpc) is 2.96. The number of hydrogen-bond donors (Lipinski definition) is 4. The van der Waals surface area contributed by atoms with Crippen LogP contribution in [0.4, 0.5) is 4.79 Å². The van der Waals surface area contributed by atoms with Gasteiger partial charge in [0.2, 0.25) is 5.75 Å². The highest BCUT2D eigenvalue weighted by atomic mass is 35.5. The highest BCUT2D eigenvalue weighted by Gasteiger charge is 2.25. The molecule has 34 heavy (non-hydrogen) atoms. The van der Waals surface area contributed by atoms with E-state index >= 15 is 0 Å². The molecule has 1 aromatic carbocycles. The summed E-state index contributed by atoms with van der Waals surface area (Å²) in [4.78, 5) is 26.2. The number of hydrogen-bond acceptors (Lipinski definition) is 5. The Kier molecular flexibility index (Phi) is 8.28. The molecule has 0 bridgehead atoms. The first kappa shape index (κ1) is 25.6. The fourth-order valence-corrected chi connectivity index (χ4v) is 4.71. The van der Waals surface area contributed by atoms with E-state index < -0.39 is 23.2 Å². The highest BCUT2D eigenvalue weighted by Crippen LogP contribution is 2.40. The van der Waals surface area contributed by atoms with Gasteiger partial charge in [0.15, 0.2) is 5.75 Å². The number of nitrogens with one attached hydrogen (secondary N) is 2. The van der Waals surface area contributed by atoms with Crippen LogP contribution < -0.4 is 15.6 Å². The van der Waals surface area contributed by atoms with Gasteiger partial charge >= 0.3 is 6.16 Å². The third kappa shape index (κ3) is 5.08. The van der Waals surface area contributed by atoms with Gasteiger partial charge in [-0.1, -0.05) is 26.2 Å². The summed E-state index contributed by atoms with van der Waals surface area (Å²) in [7, 11) is 2.07. The van der Waals surface area contributed by atoms with Crippen molar-refractivity contribution in [2.45, 2.75) is 58.4 Å². The maximum Gasteiger partial charge on any atom is 0.511 e. The molecule has 0 spiro atoms. The van der Waals surface area contributed by atoms with Crippen LogP contribution in [0.1, 0.15) is 55.8 Å². The summed E-state index contributed by atoms with van der Waals surface area (Å²) >= 11 is 0. The van der Waals surface area contributed by atoms with Crippen LogP contribution in [0.3, 0.4) is 0 Å². The molecule has 9 heteroatoms. The van der Waals surface area contributed by atoms with Crippen LogP contribution >= 0.6 is 12.4 Å². The Morgan fingerprint density at radius 3 is 2.74 bits per heavy atom. The van der Waals surface area contributed by atoms with Gasteiger partial charge in [0.05, 0.1) is 5.69 Å². The van der Waals surface area contributed by atoms with Crippen LogP contribution in [0.5, 0.6) is 11.5 Å².